The minimum atomic E-state index is -0.567. The third-order valence-corrected chi connectivity index (χ3v) is 4.28. The number of thiocarbonyl (C=S) groups is 1. The van der Waals surface area contributed by atoms with E-state index >= 15 is 0 Å². The molecule has 1 saturated heterocycles. The van der Waals surface area contributed by atoms with Gasteiger partial charge in [0.2, 0.25) is 0 Å². The van der Waals surface area contributed by atoms with Crippen LogP contribution < -0.4 is 10.1 Å². The van der Waals surface area contributed by atoms with Gasteiger partial charge < -0.3 is 9.47 Å². The highest BCUT2D eigenvalue weighted by atomic mass is 79.9. The smallest absolute Gasteiger partial charge is 0.343 e. The van der Waals surface area contributed by atoms with Crippen LogP contribution in [0.2, 0.25) is 0 Å². The molecule has 1 N–H and O–H groups in total. The summed E-state index contributed by atoms with van der Waals surface area (Å²) in [7, 11) is 1.27. The van der Waals surface area contributed by atoms with E-state index in [1.807, 2.05) is 0 Å². The number of benzene rings is 1. The Morgan fingerprint density at radius 2 is 2.15 bits per heavy atom. The first-order valence-electron chi connectivity index (χ1n) is 7.36. The van der Waals surface area contributed by atoms with Crippen LogP contribution >= 0.6 is 28.1 Å². The average Bonchev–Trinajstić information content (AvgIpc) is 2.61. The predicted molar refractivity (Wildman–Crippen MR) is 102 cm³/mol. The van der Waals surface area contributed by atoms with Gasteiger partial charge in [-0.25, -0.2) is 4.79 Å². The van der Waals surface area contributed by atoms with Gasteiger partial charge in [-0.3, -0.25) is 19.8 Å². The number of methoxy groups -OCH3 is 1. The lowest BCUT2D eigenvalue weighted by Crippen LogP contribution is -2.53. The molecule has 7 nitrogen and oxygen atoms in total. The van der Waals surface area contributed by atoms with Crippen LogP contribution in [0.3, 0.4) is 0 Å². The van der Waals surface area contributed by atoms with E-state index in [1.54, 1.807) is 18.2 Å². The van der Waals surface area contributed by atoms with E-state index in [1.165, 1.54) is 24.2 Å². The molecule has 0 aromatic heterocycles. The van der Waals surface area contributed by atoms with Crippen LogP contribution in [0.5, 0.6) is 5.75 Å². The molecule has 0 atom stereocenters. The Labute approximate surface area is 163 Å². The van der Waals surface area contributed by atoms with Crippen molar-refractivity contribution >= 4 is 57.1 Å². The Kier molecular flexibility index (Phi) is 6.64. The molecule has 2 rings (SSSR count). The zero-order valence-corrected chi connectivity index (χ0v) is 16.2. The van der Waals surface area contributed by atoms with Gasteiger partial charge in [0.05, 0.1) is 11.6 Å². The largest absolute Gasteiger partial charge is 0.481 e. The molecule has 9 heteroatoms. The lowest BCUT2D eigenvalue weighted by atomic mass is 10.1. The van der Waals surface area contributed by atoms with Crippen molar-refractivity contribution in [2.75, 3.05) is 20.3 Å². The fourth-order valence-corrected chi connectivity index (χ4v) is 2.84. The summed E-state index contributed by atoms with van der Waals surface area (Å²) in [5.74, 6) is -1.15. The molecule has 1 aromatic rings. The molecular weight excluding hydrogens is 424 g/mol. The van der Waals surface area contributed by atoms with Gasteiger partial charge in [0.15, 0.2) is 11.7 Å². The van der Waals surface area contributed by atoms with E-state index in [4.69, 9.17) is 17.0 Å². The van der Waals surface area contributed by atoms with Crippen molar-refractivity contribution in [3.63, 3.8) is 0 Å². The van der Waals surface area contributed by atoms with Crippen molar-refractivity contribution < 1.29 is 23.9 Å². The summed E-state index contributed by atoms with van der Waals surface area (Å²) in [6, 6.07) is 4.91. The Morgan fingerprint density at radius 1 is 1.42 bits per heavy atom. The summed E-state index contributed by atoms with van der Waals surface area (Å²) in [6.07, 6.45) is 2.97. The minimum absolute atomic E-state index is 0.0458. The molecule has 1 aromatic carbocycles. The Balaban J connectivity index is 2.24. The molecule has 1 aliphatic heterocycles. The molecule has 0 radical (unpaired) electrons. The second-order valence-electron chi connectivity index (χ2n) is 5.08. The molecule has 26 heavy (non-hydrogen) atoms. The van der Waals surface area contributed by atoms with Gasteiger partial charge in [0.25, 0.3) is 11.8 Å². The number of hydrogen-bond donors (Lipinski definition) is 1. The highest BCUT2D eigenvalue weighted by Crippen LogP contribution is 2.27. The molecule has 1 heterocycles. The van der Waals surface area contributed by atoms with Gasteiger partial charge in [0.1, 0.15) is 11.3 Å². The Morgan fingerprint density at radius 3 is 2.77 bits per heavy atom. The molecule has 136 valence electrons. The third kappa shape index (κ3) is 4.55. The van der Waals surface area contributed by atoms with Gasteiger partial charge >= 0.3 is 5.97 Å². The minimum Gasteiger partial charge on any atom is -0.481 e. The van der Waals surface area contributed by atoms with Crippen LogP contribution in [0.15, 0.2) is 40.9 Å². The van der Waals surface area contributed by atoms with Crippen LogP contribution in [0.4, 0.5) is 0 Å². The zero-order chi connectivity index (χ0) is 19.3. The second-order valence-corrected chi connectivity index (χ2v) is 6.32. The number of nitrogens with one attached hydrogen (secondary N) is 1. The fraction of sp³-hybridized carbons (Fsp3) is 0.176. The fourth-order valence-electron chi connectivity index (χ4n) is 2.08. The monoisotopic (exact) mass is 438 g/mol. The van der Waals surface area contributed by atoms with Crippen molar-refractivity contribution in [3.05, 3.63) is 46.5 Å². The molecule has 0 saturated carbocycles. The van der Waals surface area contributed by atoms with E-state index in [0.29, 0.717) is 15.8 Å². The van der Waals surface area contributed by atoms with Crippen LogP contribution in [-0.4, -0.2) is 48.1 Å². The van der Waals surface area contributed by atoms with Crippen LogP contribution in [0.25, 0.3) is 6.08 Å². The topological polar surface area (TPSA) is 84.9 Å². The zero-order valence-electron chi connectivity index (χ0n) is 13.8. The maximum absolute atomic E-state index is 12.5. The second kappa shape index (κ2) is 8.72. The molecule has 0 aliphatic carbocycles. The molecule has 1 fully saturated rings. The number of rotatable bonds is 6. The summed E-state index contributed by atoms with van der Waals surface area (Å²) in [4.78, 5) is 37.0. The first kappa shape index (κ1) is 19.8. The number of carbonyl (C=O) groups excluding carboxylic acids is 3. The quantitative estimate of drug-likeness (QED) is 0.239. The standard InChI is InChI=1S/C17H15BrN2O5S/c1-3-6-20-16(23)11(15(22)19-17(20)26)7-10-4-5-13(12(18)8-10)25-9-14(21)24-2/h3-5,7-8H,1,6,9H2,2H3,(H,19,22,26)/b11-7+. The van der Waals surface area contributed by atoms with Crippen LogP contribution in [0.1, 0.15) is 5.56 Å². The van der Waals surface area contributed by atoms with Crippen molar-refractivity contribution in [3.8, 4) is 5.75 Å². The van der Waals surface area contributed by atoms with E-state index in [2.05, 4.69) is 32.6 Å². The van der Waals surface area contributed by atoms with Crippen molar-refractivity contribution in [1.82, 2.24) is 10.2 Å². The normalized spacial score (nSPS) is 15.7. The molecule has 1 aliphatic rings. The first-order chi connectivity index (χ1) is 12.4. The number of hydrogen-bond acceptors (Lipinski definition) is 6. The van der Waals surface area contributed by atoms with E-state index in [0.717, 1.165) is 0 Å². The van der Waals surface area contributed by atoms with E-state index < -0.39 is 17.8 Å². The Bertz CT molecular complexity index is 821. The Hall–Kier alpha value is -2.52. The SMILES string of the molecule is C=CCN1C(=O)/C(=C/c2ccc(OCC(=O)OC)c(Br)c2)C(=O)NC1=S. The van der Waals surface area contributed by atoms with Gasteiger partial charge in [-0.2, -0.15) is 0 Å². The molecule has 0 spiro atoms. The highest BCUT2D eigenvalue weighted by molar-refractivity contribution is 9.10. The molecule has 0 bridgehead atoms. The van der Waals surface area contributed by atoms with Gasteiger partial charge in [-0.1, -0.05) is 12.1 Å². The summed E-state index contributed by atoms with van der Waals surface area (Å²) >= 11 is 8.32. The van der Waals surface area contributed by atoms with Crippen molar-refractivity contribution in [2.24, 2.45) is 0 Å². The number of halogens is 1. The molecular formula is C17H15BrN2O5S. The summed E-state index contributed by atoms with van der Waals surface area (Å²) in [5, 5.41) is 2.52. The lowest BCUT2D eigenvalue weighted by molar-refractivity contribution is -0.143. The molecule has 0 unspecified atom stereocenters. The third-order valence-electron chi connectivity index (χ3n) is 3.34. The van der Waals surface area contributed by atoms with E-state index in [-0.39, 0.29) is 23.8 Å². The van der Waals surface area contributed by atoms with Gasteiger partial charge in [-0.15, -0.1) is 6.58 Å². The van der Waals surface area contributed by atoms with Crippen LogP contribution in [0, 0.1) is 0 Å². The van der Waals surface area contributed by atoms with Crippen molar-refractivity contribution in [2.45, 2.75) is 0 Å². The lowest BCUT2D eigenvalue weighted by Gasteiger charge is -2.27. The number of nitrogens with zero attached hydrogens (tertiary/aromatic N) is 1. The maximum atomic E-state index is 12.5. The van der Waals surface area contributed by atoms with Gasteiger partial charge in [-0.05, 0) is 51.9 Å². The number of esters is 1. The number of amides is 2. The van der Waals surface area contributed by atoms with Gasteiger partial charge in [0, 0.05) is 6.54 Å². The summed E-state index contributed by atoms with van der Waals surface area (Å²) in [6.45, 7) is 3.53. The number of ether oxygens (including phenoxy) is 2. The first-order valence-corrected chi connectivity index (χ1v) is 8.56. The van der Waals surface area contributed by atoms with Crippen LogP contribution in [-0.2, 0) is 19.1 Å². The summed E-state index contributed by atoms with van der Waals surface area (Å²) in [5.41, 5.74) is 0.544. The highest BCUT2D eigenvalue weighted by Gasteiger charge is 2.32. The van der Waals surface area contributed by atoms with E-state index in [9.17, 15) is 14.4 Å². The summed E-state index contributed by atoms with van der Waals surface area (Å²) < 4.78 is 10.4. The average molecular weight is 439 g/mol. The maximum Gasteiger partial charge on any atom is 0.343 e. The molecule has 2 amide bonds. The number of carbonyl (C=O) groups is 3. The van der Waals surface area contributed by atoms with Crippen molar-refractivity contribution in [1.29, 1.82) is 0 Å². The predicted octanol–water partition coefficient (Wildman–Crippen LogP) is 1.81.